The molecule has 12 heavy (non-hydrogen) atoms. The van der Waals surface area contributed by atoms with Gasteiger partial charge in [-0.3, -0.25) is 0 Å². The maximum Gasteiger partial charge on any atom is 0.0620 e. The summed E-state index contributed by atoms with van der Waals surface area (Å²) in [7, 11) is 0. The van der Waals surface area contributed by atoms with Crippen LogP contribution < -0.4 is 5.32 Å². The Morgan fingerprint density at radius 2 is 2.17 bits per heavy atom. The molecule has 0 saturated carbocycles. The van der Waals surface area contributed by atoms with Crippen LogP contribution >= 0.6 is 0 Å². The normalized spacial score (nSPS) is 26.5. The first-order valence-electron chi connectivity index (χ1n) is 5.01. The van der Waals surface area contributed by atoms with Crippen LogP contribution in [0.2, 0.25) is 0 Å². The molecule has 1 heterocycles. The first kappa shape index (κ1) is 10.0. The summed E-state index contributed by atoms with van der Waals surface area (Å²) in [6, 6.07) is 0.617. The van der Waals surface area contributed by atoms with Crippen molar-refractivity contribution in [1.82, 2.24) is 5.32 Å². The molecule has 2 nitrogen and oxygen atoms in total. The Hall–Kier alpha value is -0.0800. The Balaban J connectivity index is 2.07. The van der Waals surface area contributed by atoms with Gasteiger partial charge >= 0.3 is 0 Å². The van der Waals surface area contributed by atoms with E-state index in [2.05, 4.69) is 26.1 Å². The Kier molecular flexibility index (Phi) is 4.02. The van der Waals surface area contributed by atoms with Crippen LogP contribution in [0.5, 0.6) is 0 Å². The van der Waals surface area contributed by atoms with Gasteiger partial charge in [-0.05, 0) is 24.8 Å². The van der Waals surface area contributed by atoms with E-state index in [1.165, 1.54) is 6.42 Å². The van der Waals surface area contributed by atoms with Gasteiger partial charge < -0.3 is 10.1 Å². The zero-order valence-electron chi connectivity index (χ0n) is 8.47. The van der Waals surface area contributed by atoms with E-state index >= 15 is 0 Å². The maximum absolute atomic E-state index is 5.29. The minimum atomic E-state index is 0.617. The van der Waals surface area contributed by atoms with Gasteiger partial charge in [0.1, 0.15) is 0 Å². The molecular formula is C10H21NO. The molecule has 2 heteroatoms. The van der Waals surface area contributed by atoms with Gasteiger partial charge in [0, 0.05) is 12.6 Å². The monoisotopic (exact) mass is 171 g/mol. The summed E-state index contributed by atoms with van der Waals surface area (Å²) in [5, 5.41) is 3.54. The van der Waals surface area contributed by atoms with Gasteiger partial charge in [0.25, 0.3) is 0 Å². The van der Waals surface area contributed by atoms with Crippen LogP contribution in [0.15, 0.2) is 0 Å². The van der Waals surface area contributed by atoms with E-state index in [9.17, 15) is 0 Å². The molecule has 1 N–H and O–H groups in total. The summed E-state index contributed by atoms with van der Waals surface area (Å²) in [5.41, 5.74) is 0. The minimum Gasteiger partial charge on any atom is -0.380 e. The second kappa shape index (κ2) is 4.83. The highest BCUT2D eigenvalue weighted by Gasteiger charge is 2.16. The number of hydrogen-bond donors (Lipinski definition) is 1. The molecule has 0 bridgehead atoms. The van der Waals surface area contributed by atoms with Gasteiger partial charge in [0.15, 0.2) is 0 Å². The second-order valence-corrected chi connectivity index (χ2v) is 4.19. The van der Waals surface area contributed by atoms with E-state index in [-0.39, 0.29) is 0 Å². The molecule has 0 aromatic heterocycles. The highest BCUT2D eigenvalue weighted by Crippen LogP contribution is 2.09. The summed E-state index contributed by atoms with van der Waals surface area (Å²) in [6.07, 6.45) is 1.19. The quantitative estimate of drug-likeness (QED) is 0.694. The zero-order chi connectivity index (χ0) is 8.97. The molecule has 1 rings (SSSR count). The molecule has 1 saturated heterocycles. The first-order valence-corrected chi connectivity index (χ1v) is 5.01. The standard InChI is InChI=1S/C10H21NO/c1-8(2)9(3)6-11-10-4-5-12-7-10/h8-11H,4-7H2,1-3H3. The Labute approximate surface area is 75.7 Å². The van der Waals surface area contributed by atoms with E-state index in [0.29, 0.717) is 6.04 Å². The van der Waals surface area contributed by atoms with Crippen molar-refractivity contribution in [3.05, 3.63) is 0 Å². The van der Waals surface area contributed by atoms with Gasteiger partial charge in [0.05, 0.1) is 6.61 Å². The Morgan fingerprint density at radius 3 is 2.67 bits per heavy atom. The van der Waals surface area contributed by atoms with Gasteiger partial charge in [-0.25, -0.2) is 0 Å². The fraction of sp³-hybridized carbons (Fsp3) is 1.00. The lowest BCUT2D eigenvalue weighted by atomic mass is 9.98. The molecule has 1 aliphatic heterocycles. The third-order valence-electron chi connectivity index (χ3n) is 2.80. The van der Waals surface area contributed by atoms with Crippen molar-refractivity contribution in [1.29, 1.82) is 0 Å². The molecule has 0 aromatic rings. The van der Waals surface area contributed by atoms with Gasteiger partial charge in [-0.2, -0.15) is 0 Å². The SMILES string of the molecule is CC(C)C(C)CNC1CCOC1. The molecule has 1 fully saturated rings. The van der Waals surface area contributed by atoms with Crippen LogP contribution in [0.25, 0.3) is 0 Å². The van der Waals surface area contributed by atoms with Crippen LogP contribution in [-0.2, 0) is 4.74 Å². The van der Waals surface area contributed by atoms with Crippen molar-refractivity contribution in [3.63, 3.8) is 0 Å². The van der Waals surface area contributed by atoms with Crippen LogP contribution in [0.1, 0.15) is 27.2 Å². The highest BCUT2D eigenvalue weighted by atomic mass is 16.5. The zero-order valence-corrected chi connectivity index (χ0v) is 8.47. The van der Waals surface area contributed by atoms with Crippen molar-refractivity contribution < 1.29 is 4.74 Å². The van der Waals surface area contributed by atoms with Gasteiger partial charge in [-0.1, -0.05) is 20.8 Å². The maximum atomic E-state index is 5.29. The topological polar surface area (TPSA) is 21.3 Å². The largest absolute Gasteiger partial charge is 0.380 e. The van der Waals surface area contributed by atoms with E-state index < -0.39 is 0 Å². The average Bonchev–Trinajstić information content (AvgIpc) is 2.51. The molecule has 0 radical (unpaired) electrons. The second-order valence-electron chi connectivity index (χ2n) is 4.19. The van der Waals surface area contributed by atoms with Crippen LogP contribution in [0.4, 0.5) is 0 Å². The molecule has 2 unspecified atom stereocenters. The molecule has 1 aliphatic rings. The van der Waals surface area contributed by atoms with E-state index in [1.54, 1.807) is 0 Å². The van der Waals surface area contributed by atoms with Crippen LogP contribution in [0, 0.1) is 11.8 Å². The molecule has 0 amide bonds. The molecular weight excluding hydrogens is 150 g/mol. The molecule has 0 aliphatic carbocycles. The van der Waals surface area contributed by atoms with E-state index in [0.717, 1.165) is 31.6 Å². The number of ether oxygens (including phenoxy) is 1. The van der Waals surface area contributed by atoms with Gasteiger partial charge in [0.2, 0.25) is 0 Å². The molecule has 0 aromatic carbocycles. The fourth-order valence-corrected chi connectivity index (χ4v) is 1.28. The molecule has 72 valence electrons. The summed E-state index contributed by atoms with van der Waals surface area (Å²) >= 11 is 0. The third kappa shape index (κ3) is 3.11. The van der Waals surface area contributed by atoms with E-state index in [1.807, 2.05) is 0 Å². The lowest BCUT2D eigenvalue weighted by Crippen LogP contribution is -2.34. The average molecular weight is 171 g/mol. The number of hydrogen-bond acceptors (Lipinski definition) is 2. The fourth-order valence-electron chi connectivity index (χ4n) is 1.28. The lowest BCUT2D eigenvalue weighted by molar-refractivity contribution is 0.188. The Morgan fingerprint density at radius 1 is 1.42 bits per heavy atom. The predicted octanol–water partition coefficient (Wildman–Crippen LogP) is 1.66. The highest BCUT2D eigenvalue weighted by molar-refractivity contribution is 4.72. The van der Waals surface area contributed by atoms with Crippen LogP contribution in [0.3, 0.4) is 0 Å². The van der Waals surface area contributed by atoms with E-state index in [4.69, 9.17) is 4.74 Å². The summed E-state index contributed by atoms with van der Waals surface area (Å²) in [4.78, 5) is 0. The first-order chi connectivity index (χ1) is 5.70. The van der Waals surface area contributed by atoms with Gasteiger partial charge in [-0.15, -0.1) is 0 Å². The van der Waals surface area contributed by atoms with Crippen molar-refractivity contribution in [3.8, 4) is 0 Å². The summed E-state index contributed by atoms with van der Waals surface area (Å²) in [5.74, 6) is 1.55. The molecule has 0 spiro atoms. The third-order valence-corrected chi connectivity index (χ3v) is 2.80. The number of nitrogens with one attached hydrogen (secondary N) is 1. The molecule has 2 atom stereocenters. The smallest absolute Gasteiger partial charge is 0.0620 e. The van der Waals surface area contributed by atoms with Crippen molar-refractivity contribution in [2.75, 3.05) is 19.8 Å². The van der Waals surface area contributed by atoms with Crippen molar-refractivity contribution in [2.24, 2.45) is 11.8 Å². The summed E-state index contributed by atoms with van der Waals surface area (Å²) < 4.78 is 5.29. The van der Waals surface area contributed by atoms with Crippen molar-refractivity contribution >= 4 is 0 Å². The number of rotatable bonds is 4. The van der Waals surface area contributed by atoms with Crippen LogP contribution in [-0.4, -0.2) is 25.8 Å². The summed E-state index contributed by atoms with van der Waals surface area (Å²) in [6.45, 7) is 9.83. The predicted molar refractivity (Wildman–Crippen MR) is 51.2 cm³/mol. The lowest BCUT2D eigenvalue weighted by Gasteiger charge is -2.18. The minimum absolute atomic E-state index is 0.617. The Bertz CT molecular complexity index is 117. The van der Waals surface area contributed by atoms with Crippen molar-refractivity contribution in [2.45, 2.75) is 33.2 Å².